The van der Waals surface area contributed by atoms with Gasteiger partial charge in [-0.1, -0.05) is 44.7 Å². The van der Waals surface area contributed by atoms with E-state index < -0.39 is 0 Å². The van der Waals surface area contributed by atoms with Gasteiger partial charge in [-0.15, -0.1) is 0 Å². The van der Waals surface area contributed by atoms with E-state index in [0.717, 1.165) is 18.8 Å². The predicted octanol–water partition coefficient (Wildman–Crippen LogP) is 4.92. The minimum atomic E-state index is 0.629. The summed E-state index contributed by atoms with van der Waals surface area (Å²) in [6.07, 6.45) is 8.77. The molecule has 0 fully saturated rings. The second-order valence-corrected chi connectivity index (χ2v) is 6.26. The molecule has 21 heavy (non-hydrogen) atoms. The molecule has 0 radical (unpaired) electrons. The highest BCUT2D eigenvalue weighted by Gasteiger charge is 2.04. The van der Waals surface area contributed by atoms with Gasteiger partial charge in [-0.2, -0.15) is 0 Å². The van der Waals surface area contributed by atoms with Crippen molar-refractivity contribution in [2.24, 2.45) is 0 Å². The average Bonchev–Trinajstić information content (AvgIpc) is 2.49. The number of rotatable bonds is 11. The Hall–Kier alpha value is -1.02. The van der Waals surface area contributed by atoms with Crippen LogP contribution in [0.15, 0.2) is 24.3 Å². The maximum Gasteiger partial charge on any atom is 0.119 e. The van der Waals surface area contributed by atoms with Crippen molar-refractivity contribution >= 4 is 0 Å². The van der Waals surface area contributed by atoms with Crippen LogP contribution in [0.3, 0.4) is 0 Å². The fourth-order valence-corrected chi connectivity index (χ4v) is 2.28. The third-order valence-corrected chi connectivity index (χ3v) is 4.17. The van der Waals surface area contributed by atoms with E-state index in [1.54, 1.807) is 0 Å². The Balaban J connectivity index is 2.21. The van der Waals surface area contributed by atoms with E-state index in [-0.39, 0.29) is 0 Å². The van der Waals surface area contributed by atoms with Crippen LogP contribution in [0.25, 0.3) is 0 Å². The zero-order valence-corrected chi connectivity index (χ0v) is 14.4. The molecule has 1 aromatic carbocycles. The molecule has 0 saturated carbocycles. The number of benzene rings is 1. The SMILES string of the molecule is CCCCCCCOc1ccc(CCC(C)N(C)C)cc1. The molecular weight excluding hydrogens is 258 g/mol. The molecule has 120 valence electrons. The minimum absolute atomic E-state index is 0.629. The molecule has 2 nitrogen and oxygen atoms in total. The Morgan fingerprint density at radius 1 is 1.00 bits per heavy atom. The van der Waals surface area contributed by atoms with Crippen molar-refractivity contribution < 1.29 is 4.74 Å². The van der Waals surface area contributed by atoms with E-state index in [4.69, 9.17) is 4.74 Å². The van der Waals surface area contributed by atoms with Crippen LogP contribution >= 0.6 is 0 Å². The second kappa shape index (κ2) is 10.7. The summed E-state index contributed by atoms with van der Waals surface area (Å²) < 4.78 is 5.80. The molecule has 1 unspecified atom stereocenters. The molecule has 0 bridgehead atoms. The standard InChI is InChI=1S/C19H33NO/c1-5-6-7-8-9-16-21-19-14-12-18(13-15-19)11-10-17(2)20(3)4/h12-15,17H,5-11,16H2,1-4H3. The number of hydrogen-bond donors (Lipinski definition) is 0. The third kappa shape index (κ3) is 8.11. The molecular formula is C19H33NO. The maximum atomic E-state index is 5.80. The lowest BCUT2D eigenvalue weighted by Crippen LogP contribution is -2.24. The maximum absolute atomic E-state index is 5.80. The first-order valence-corrected chi connectivity index (χ1v) is 8.51. The van der Waals surface area contributed by atoms with E-state index in [1.807, 2.05) is 0 Å². The van der Waals surface area contributed by atoms with Gasteiger partial charge in [0.2, 0.25) is 0 Å². The third-order valence-electron chi connectivity index (χ3n) is 4.17. The average molecular weight is 291 g/mol. The van der Waals surface area contributed by atoms with Gasteiger partial charge in [0.1, 0.15) is 5.75 Å². The zero-order valence-electron chi connectivity index (χ0n) is 14.4. The van der Waals surface area contributed by atoms with Gasteiger partial charge in [0, 0.05) is 6.04 Å². The lowest BCUT2D eigenvalue weighted by atomic mass is 10.1. The Morgan fingerprint density at radius 3 is 2.29 bits per heavy atom. The molecule has 0 amide bonds. The van der Waals surface area contributed by atoms with Gasteiger partial charge in [-0.25, -0.2) is 0 Å². The molecule has 0 N–H and O–H groups in total. The summed E-state index contributed by atoms with van der Waals surface area (Å²) in [5.74, 6) is 1.01. The largest absolute Gasteiger partial charge is 0.494 e. The fourth-order valence-electron chi connectivity index (χ4n) is 2.28. The predicted molar refractivity (Wildman–Crippen MR) is 92.2 cm³/mol. The summed E-state index contributed by atoms with van der Waals surface area (Å²) in [6, 6.07) is 9.26. The van der Waals surface area contributed by atoms with E-state index in [0.29, 0.717) is 6.04 Å². The van der Waals surface area contributed by atoms with Gasteiger partial charge in [0.25, 0.3) is 0 Å². The van der Waals surface area contributed by atoms with Crippen LogP contribution < -0.4 is 4.74 Å². The van der Waals surface area contributed by atoms with Gasteiger partial charge >= 0.3 is 0 Å². The van der Waals surface area contributed by atoms with Gasteiger partial charge in [0.05, 0.1) is 6.61 Å². The molecule has 1 rings (SSSR count). The van der Waals surface area contributed by atoms with Crippen molar-refractivity contribution in [1.29, 1.82) is 0 Å². The molecule has 0 aromatic heterocycles. The first-order chi connectivity index (χ1) is 10.1. The van der Waals surface area contributed by atoms with E-state index in [9.17, 15) is 0 Å². The second-order valence-electron chi connectivity index (χ2n) is 6.26. The highest BCUT2D eigenvalue weighted by atomic mass is 16.5. The summed E-state index contributed by atoms with van der Waals surface area (Å²) in [5.41, 5.74) is 1.40. The van der Waals surface area contributed by atoms with Crippen LogP contribution in [0.5, 0.6) is 5.75 Å². The molecule has 2 heteroatoms. The van der Waals surface area contributed by atoms with Crippen LogP contribution in [0.4, 0.5) is 0 Å². The molecule has 1 aromatic rings. The summed E-state index contributed by atoms with van der Waals surface area (Å²) in [6.45, 7) is 5.37. The fraction of sp³-hybridized carbons (Fsp3) is 0.684. The molecule has 0 aliphatic carbocycles. The molecule has 0 aliphatic heterocycles. The smallest absolute Gasteiger partial charge is 0.119 e. The molecule has 0 spiro atoms. The van der Waals surface area contributed by atoms with E-state index >= 15 is 0 Å². The number of ether oxygens (including phenoxy) is 1. The van der Waals surface area contributed by atoms with Gasteiger partial charge in [-0.05, 0) is 58.0 Å². The Bertz CT molecular complexity index is 358. The van der Waals surface area contributed by atoms with Crippen LogP contribution in [0, 0.1) is 0 Å². The number of nitrogens with zero attached hydrogens (tertiary/aromatic N) is 1. The van der Waals surface area contributed by atoms with Crippen molar-refractivity contribution in [1.82, 2.24) is 4.90 Å². The lowest BCUT2D eigenvalue weighted by molar-refractivity contribution is 0.298. The summed E-state index contributed by atoms with van der Waals surface area (Å²) in [7, 11) is 4.28. The number of unbranched alkanes of at least 4 members (excludes halogenated alkanes) is 4. The van der Waals surface area contributed by atoms with Crippen LogP contribution in [0.1, 0.15) is 57.9 Å². The summed E-state index contributed by atoms with van der Waals surface area (Å²) >= 11 is 0. The van der Waals surface area contributed by atoms with Crippen molar-refractivity contribution in [3.63, 3.8) is 0 Å². The Labute approximate surface area is 131 Å². The zero-order chi connectivity index (χ0) is 15.5. The summed E-state index contributed by atoms with van der Waals surface area (Å²) in [5, 5.41) is 0. The van der Waals surface area contributed by atoms with E-state index in [2.05, 4.69) is 57.1 Å². The molecule has 0 heterocycles. The van der Waals surface area contributed by atoms with Crippen molar-refractivity contribution in [3.05, 3.63) is 29.8 Å². The monoisotopic (exact) mass is 291 g/mol. The van der Waals surface area contributed by atoms with Crippen LogP contribution in [-0.2, 0) is 6.42 Å². The highest BCUT2D eigenvalue weighted by Crippen LogP contribution is 2.15. The number of aryl methyl sites for hydroxylation is 1. The van der Waals surface area contributed by atoms with Crippen molar-refractivity contribution in [2.75, 3.05) is 20.7 Å². The highest BCUT2D eigenvalue weighted by molar-refractivity contribution is 5.27. The van der Waals surface area contributed by atoms with Crippen LogP contribution in [0.2, 0.25) is 0 Å². The van der Waals surface area contributed by atoms with E-state index in [1.165, 1.54) is 44.1 Å². The molecule has 0 aliphatic rings. The Morgan fingerprint density at radius 2 is 1.67 bits per heavy atom. The normalized spacial score (nSPS) is 12.6. The Kier molecular flexibility index (Phi) is 9.16. The quantitative estimate of drug-likeness (QED) is 0.537. The summed E-state index contributed by atoms with van der Waals surface area (Å²) in [4.78, 5) is 2.27. The lowest BCUT2D eigenvalue weighted by Gasteiger charge is -2.19. The number of hydrogen-bond acceptors (Lipinski definition) is 2. The van der Waals surface area contributed by atoms with Crippen molar-refractivity contribution in [3.8, 4) is 5.75 Å². The van der Waals surface area contributed by atoms with Gasteiger partial charge in [0.15, 0.2) is 0 Å². The van der Waals surface area contributed by atoms with Crippen molar-refractivity contribution in [2.45, 2.75) is 64.8 Å². The van der Waals surface area contributed by atoms with Gasteiger partial charge in [-0.3, -0.25) is 0 Å². The minimum Gasteiger partial charge on any atom is -0.494 e. The topological polar surface area (TPSA) is 12.5 Å². The molecule has 1 atom stereocenters. The van der Waals surface area contributed by atoms with Gasteiger partial charge < -0.3 is 9.64 Å². The first kappa shape index (κ1) is 18.0. The molecule has 0 saturated heterocycles. The first-order valence-electron chi connectivity index (χ1n) is 8.51. The van der Waals surface area contributed by atoms with Crippen LogP contribution in [-0.4, -0.2) is 31.6 Å².